The topological polar surface area (TPSA) is 85.1 Å². The van der Waals surface area contributed by atoms with Crippen LogP contribution >= 0.6 is 23.1 Å². The lowest BCUT2D eigenvalue weighted by atomic mass is 10.2. The molecule has 0 saturated carbocycles. The largest absolute Gasteiger partial charge is 0.405 e. The number of nitro groups is 1. The van der Waals surface area contributed by atoms with Gasteiger partial charge in [-0.2, -0.15) is 13.2 Å². The first-order chi connectivity index (χ1) is 11.2. The monoisotopic (exact) mass is 377 g/mol. The number of benzene rings is 1. The fraction of sp³-hybridized carbons (Fsp3) is 0.231. The van der Waals surface area contributed by atoms with Crippen LogP contribution in [-0.4, -0.2) is 28.5 Å². The summed E-state index contributed by atoms with van der Waals surface area (Å²) in [6, 6.07) is 3.51. The van der Waals surface area contributed by atoms with Gasteiger partial charge in [0.1, 0.15) is 6.54 Å². The summed E-state index contributed by atoms with van der Waals surface area (Å²) in [6.07, 6.45) is -4.56. The Morgan fingerprint density at radius 1 is 1.46 bits per heavy atom. The van der Waals surface area contributed by atoms with Gasteiger partial charge in [0.2, 0.25) is 0 Å². The van der Waals surface area contributed by atoms with E-state index >= 15 is 0 Å². The molecule has 1 amide bonds. The van der Waals surface area contributed by atoms with E-state index in [4.69, 9.17) is 0 Å². The Hall–Kier alpha value is -2.14. The van der Waals surface area contributed by atoms with Gasteiger partial charge in [-0.15, -0.1) is 11.3 Å². The zero-order valence-corrected chi connectivity index (χ0v) is 13.7. The summed E-state index contributed by atoms with van der Waals surface area (Å²) in [4.78, 5) is 26.6. The summed E-state index contributed by atoms with van der Waals surface area (Å²) >= 11 is 2.37. The lowest BCUT2D eigenvalue weighted by Gasteiger charge is -2.09. The van der Waals surface area contributed by atoms with Crippen LogP contribution in [0.5, 0.6) is 0 Å². The molecule has 0 aliphatic heterocycles. The minimum absolute atomic E-state index is 0.217. The summed E-state index contributed by atoms with van der Waals surface area (Å²) in [5.41, 5.74) is 0.187. The van der Waals surface area contributed by atoms with Gasteiger partial charge in [-0.25, -0.2) is 4.98 Å². The number of carbonyl (C=O) groups excluding carboxylic acids is 1. The highest BCUT2D eigenvalue weighted by Crippen LogP contribution is 2.36. The zero-order chi connectivity index (χ0) is 17.9. The molecule has 0 fully saturated rings. The molecule has 128 valence electrons. The van der Waals surface area contributed by atoms with Crippen molar-refractivity contribution >= 4 is 34.7 Å². The van der Waals surface area contributed by atoms with Gasteiger partial charge in [0.15, 0.2) is 4.34 Å². The summed E-state index contributed by atoms with van der Waals surface area (Å²) in [6.45, 7) is 0.275. The molecule has 24 heavy (non-hydrogen) atoms. The van der Waals surface area contributed by atoms with E-state index in [1.54, 1.807) is 17.6 Å². The van der Waals surface area contributed by atoms with E-state index in [2.05, 4.69) is 4.98 Å². The van der Waals surface area contributed by atoms with Crippen LogP contribution in [0.4, 0.5) is 18.9 Å². The molecule has 0 saturated heterocycles. The molecule has 11 heteroatoms. The van der Waals surface area contributed by atoms with Crippen molar-refractivity contribution in [3.05, 3.63) is 45.0 Å². The molecule has 6 nitrogen and oxygen atoms in total. The highest BCUT2D eigenvalue weighted by Gasteiger charge is 2.28. The molecule has 1 heterocycles. The van der Waals surface area contributed by atoms with Crippen LogP contribution in [0.1, 0.15) is 16.1 Å². The van der Waals surface area contributed by atoms with E-state index in [9.17, 15) is 28.1 Å². The number of aryl methyl sites for hydroxylation is 1. The van der Waals surface area contributed by atoms with Crippen molar-refractivity contribution in [1.29, 1.82) is 0 Å². The van der Waals surface area contributed by atoms with Crippen molar-refractivity contribution < 1.29 is 22.9 Å². The van der Waals surface area contributed by atoms with E-state index in [-0.39, 0.29) is 16.1 Å². The van der Waals surface area contributed by atoms with Gasteiger partial charge in [-0.05, 0) is 19.1 Å². The molecule has 0 radical (unpaired) electrons. The Morgan fingerprint density at radius 3 is 2.71 bits per heavy atom. The predicted molar refractivity (Wildman–Crippen MR) is 82.5 cm³/mol. The third-order valence-corrected chi connectivity index (χ3v) is 4.78. The number of thiazole rings is 1. The van der Waals surface area contributed by atoms with Gasteiger partial charge in [0, 0.05) is 22.7 Å². The van der Waals surface area contributed by atoms with Crippen molar-refractivity contribution in [1.82, 2.24) is 10.3 Å². The highest BCUT2D eigenvalue weighted by atomic mass is 32.2. The standard InChI is InChI=1S/C13H10F3N3O3S2/c1-7-5-23-12(18-7)24-10-3-2-8(4-9(10)19(21)22)11(20)17-6-13(14,15)16/h2-5H,6H2,1H3,(H,17,20). The first-order valence-electron chi connectivity index (χ1n) is 6.39. The molecule has 1 aromatic carbocycles. The lowest BCUT2D eigenvalue weighted by molar-refractivity contribution is -0.387. The number of hydrogen-bond donors (Lipinski definition) is 1. The summed E-state index contributed by atoms with van der Waals surface area (Å²) in [5, 5.41) is 14.6. The normalized spacial score (nSPS) is 11.3. The first kappa shape index (κ1) is 18.2. The summed E-state index contributed by atoms with van der Waals surface area (Å²) in [7, 11) is 0. The molecular weight excluding hydrogens is 367 g/mol. The molecule has 0 aliphatic carbocycles. The maximum absolute atomic E-state index is 12.1. The smallest absolute Gasteiger partial charge is 0.343 e. The summed E-state index contributed by atoms with van der Waals surface area (Å²) < 4.78 is 36.9. The molecule has 0 unspecified atom stereocenters. The van der Waals surface area contributed by atoms with E-state index in [0.29, 0.717) is 4.34 Å². The van der Waals surface area contributed by atoms with Crippen LogP contribution in [-0.2, 0) is 0 Å². The minimum Gasteiger partial charge on any atom is -0.343 e. The molecule has 0 atom stereocenters. The van der Waals surface area contributed by atoms with Gasteiger partial charge in [0.05, 0.1) is 9.82 Å². The third kappa shape index (κ3) is 4.93. The number of nitrogens with zero attached hydrogens (tertiary/aromatic N) is 2. The Kier molecular flexibility index (Phi) is 5.44. The van der Waals surface area contributed by atoms with Crippen molar-refractivity contribution in [2.75, 3.05) is 6.54 Å². The number of aromatic nitrogens is 1. The average molecular weight is 377 g/mol. The highest BCUT2D eigenvalue weighted by molar-refractivity contribution is 8.01. The lowest BCUT2D eigenvalue weighted by Crippen LogP contribution is -2.33. The maximum Gasteiger partial charge on any atom is 0.405 e. The van der Waals surface area contributed by atoms with Gasteiger partial charge < -0.3 is 5.32 Å². The predicted octanol–water partition coefficient (Wildman–Crippen LogP) is 3.80. The number of amides is 1. The van der Waals surface area contributed by atoms with E-state index < -0.39 is 23.6 Å². The number of hydrogen-bond acceptors (Lipinski definition) is 6. The van der Waals surface area contributed by atoms with Crippen LogP contribution < -0.4 is 5.32 Å². The van der Waals surface area contributed by atoms with Crippen LogP contribution in [0.2, 0.25) is 0 Å². The fourth-order valence-electron chi connectivity index (χ4n) is 1.64. The molecule has 2 rings (SSSR count). The number of halogens is 3. The van der Waals surface area contributed by atoms with Gasteiger partial charge in [-0.3, -0.25) is 14.9 Å². The van der Waals surface area contributed by atoms with Crippen molar-refractivity contribution in [2.24, 2.45) is 0 Å². The Balaban J connectivity index is 2.23. The van der Waals surface area contributed by atoms with Gasteiger partial charge >= 0.3 is 6.18 Å². The second-order valence-electron chi connectivity index (χ2n) is 4.59. The Labute approximate surface area is 142 Å². The number of rotatable bonds is 5. The number of nitrogens with one attached hydrogen (secondary N) is 1. The second kappa shape index (κ2) is 7.18. The minimum atomic E-state index is -4.56. The third-order valence-electron chi connectivity index (χ3n) is 2.66. The number of nitro benzene ring substituents is 1. The summed E-state index contributed by atoms with van der Waals surface area (Å²) in [5.74, 6) is -1.03. The van der Waals surface area contributed by atoms with Gasteiger partial charge in [0.25, 0.3) is 11.6 Å². The van der Waals surface area contributed by atoms with Crippen LogP contribution in [0.3, 0.4) is 0 Å². The molecule has 0 spiro atoms. The van der Waals surface area contributed by atoms with Crippen molar-refractivity contribution in [3.8, 4) is 0 Å². The zero-order valence-electron chi connectivity index (χ0n) is 12.1. The van der Waals surface area contributed by atoms with E-state index in [1.807, 2.05) is 0 Å². The molecule has 2 aromatic rings. The molecule has 0 aliphatic rings. The molecule has 0 bridgehead atoms. The molecular formula is C13H10F3N3O3S2. The van der Waals surface area contributed by atoms with Gasteiger partial charge in [-0.1, -0.05) is 11.8 Å². The quantitative estimate of drug-likeness (QED) is 0.633. The fourth-order valence-corrected chi connectivity index (χ4v) is 3.52. The Morgan fingerprint density at radius 2 is 2.17 bits per heavy atom. The van der Waals surface area contributed by atoms with Crippen LogP contribution in [0.25, 0.3) is 0 Å². The van der Waals surface area contributed by atoms with Crippen molar-refractivity contribution in [3.63, 3.8) is 0 Å². The van der Waals surface area contributed by atoms with Crippen LogP contribution in [0.15, 0.2) is 32.8 Å². The van der Waals surface area contributed by atoms with E-state index in [1.165, 1.54) is 23.5 Å². The van der Waals surface area contributed by atoms with Crippen LogP contribution in [0, 0.1) is 17.0 Å². The SMILES string of the molecule is Cc1csc(Sc2ccc(C(=O)NCC(F)(F)F)cc2[N+](=O)[O-])n1. The molecule has 1 aromatic heterocycles. The van der Waals surface area contributed by atoms with E-state index in [0.717, 1.165) is 23.5 Å². The average Bonchev–Trinajstić information content (AvgIpc) is 2.89. The molecule has 1 N–H and O–H groups in total. The van der Waals surface area contributed by atoms with Crippen molar-refractivity contribution in [2.45, 2.75) is 22.3 Å². The second-order valence-corrected chi connectivity index (χ2v) is 6.74. The first-order valence-corrected chi connectivity index (χ1v) is 8.09. The number of alkyl halides is 3. The number of carbonyl (C=O) groups is 1. The Bertz CT molecular complexity index is 777. The maximum atomic E-state index is 12.1.